The number of carbonyl (C=O) groups is 2. The number of hydrogen-bond donors (Lipinski definition) is 2. The van der Waals surface area contributed by atoms with Gasteiger partial charge in [0.1, 0.15) is 5.69 Å². The van der Waals surface area contributed by atoms with E-state index in [0.717, 1.165) is 22.3 Å². The molecule has 3 aromatic carbocycles. The van der Waals surface area contributed by atoms with Crippen molar-refractivity contribution in [3.05, 3.63) is 98.1 Å². The largest absolute Gasteiger partial charge is 0.322 e. The lowest BCUT2D eigenvalue weighted by Gasteiger charge is -2.11. The summed E-state index contributed by atoms with van der Waals surface area (Å²) in [5.41, 5.74) is 4.98. The van der Waals surface area contributed by atoms with E-state index in [1.54, 1.807) is 24.3 Å². The molecule has 158 valence electrons. The Morgan fingerprint density at radius 2 is 1.23 bits per heavy atom. The fourth-order valence-corrected chi connectivity index (χ4v) is 3.04. The van der Waals surface area contributed by atoms with Crippen LogP contribution in [-0.2, 0) is 0 Å². The number of anilines is 2. The average Bonchev–Trinajstić information content (AvgIpc) is 2.71. The molecule has 0 radical (unpaired) electrons. The summed E-state index contributed by atoms with van der Waals surface area (Å²) in [6, 6.07) is 14.6. The summed E-state index contributed by atoms with van der Waals surface area (Å²) in [5, 5.41) is 16.8. The summed E-state index contributed by atoms with van der Waals surface area (Å²) in [7, 11) is 0. The summed E-state index contributed by atoms with van der Waals surface area (Å²) in [5.74, 6) is -0.813. The van der Waals surface area contributed by atoms with E-state index in [4.69, 9.17) is 0 Å². The van der Waals surface area contributed by atoms with Crippen molar-refractivity contribution in [1.29, 1.82) is 0 Å². The van der Waals surface area contributed by atoms with Crippen molar-refractivity contribution in [2.24, 2.45) is 0 Å². The van der Waals surface area contributed by atoms with Crippen LogP contribution < -0.4 is 10.6 Å². The quantitative estimate of drug-likeness (QED) is 0.432. The fraction of sp³-hybridized carbons (Fsp3) is 0.167. The smallest absolute Gasteiger partial charge is 0.292 e. The number of nitro groups is 1. The van der Waals surface area contributed by atoms with E-state index in [1.807, 2.05) is 39.8 Å². The van der Waals surface area contributed by atoms with Crippen LogP contribution in [0.1, 0.15) is 43.0 Å². The van der Waals surface area contributed by atoms with E-state index in [0.29, 0.717) is 16.8 Å². The molecule has 0 aliphatic heterocycles. The minimum Gasteiger partial charge on any atom is -0.322 e. The summed E-state index contributed by atoms with van der Waals surface area (Å²) in [4.78, 5) is 36.1. The molecule has 0 spiro atoms. The number of carbonyl (C=O) groups excluding carboxylic acids is 2. The molecule has 31 heavy (non-hydrogen) atoms. The van der Waals surface area contributed by atoms with Gasteiger partial charge in [0.25, 0.3) is 17.5 Å². The first-order chi connectivity index (χ1) is 14.7. The molecule has 0 aliphatic carbocycles. The van der Waals surface area contributed by atoms with Crippen LogP contribution in [0.25, 0.3) is 0 Å². The lowest BCUT2D eigenvalue weighted by atomic mass is 10.1. The van der Waals surface area contributed by atoms with E-state index >= 15 is 0 Å². The number of benzene rings is 3. The Morgan fingerprint density at radius 3 is 1.71 bits per heavy atom. The van der Waals surface area contributed by atoms with Crippen LogP contribution in [0.15, 0.2) is 54.6 Å². The maximum absolute atomic E-state index is 12.7. The van der Waals surface area contributed by atoms with Crippen LogP contribution in [0, 0.1) is 37.8 Å². The van der Waals surface area contributed by atoms with Crippen LogP contribution in [0.5, 0.6) is 0 Å². The van der Waals surface area contributed by atoms with Gasteiger partial charge >= 0.3 is 0 Å². The van der Waals surface area contributed by atoms with Gasteiger partial charge in [-0.05, 0) is 86.3 Å². The zero-order valence-corrected chi connectivity index (χ0v) is 17.8. The van der Waals surface area contributed by atoms with Crippen LogP contribution in [-0.4, -0.2) is 16.7 Å². The number of amides is 2. The molecule has 3 aromatic rings. The highest BCUT2D eigenvalue weighted by atomic mass is 16.6. The van der Waals surface area contributed by atoms with Crippen molar-refractivity contribution >= 4 is 28.9 Å². The first kappa shape index (κ1) is 21.7. The fourth-order valence-electron chi connectivity index (χ4n) is 3.04. The highest BCUT2D eigenvalue weighted by Crippen LogP contribution is 2.29. The monoisotopic (exact) mass is 417 g/mol. The number of nitrogens with one attached hydrogen (secondary N) is 2. The first-order valence-electron chi connectivity index (χ1n) is 9.71. The van der Waals surface area contributed by atoms with Gasteiger partial charge in [-0.15, -0.1) is 0 Å². The second kappa shape index (κ2) is 8.79. The minimum atomic E-state index is -0.578. The lowest BCUT2D eigenvalue weighted by Crippen LogP contribution is -2.15. The predicted molar refractivity (Wildman–Crippen MR) is 121 cm³/mol. The molecule has 0 atom stereocenters. The maximum Gasteiger partial charge on any atom is 0.292 e. The Balaban J connectivity index is 1.87. The molecule has 2 N–H and O–H groups in total. The molecule has 3 rings (SSSR count). The third-order valence-electron chi connectivity index (χ3n) is 5.24. The molecule has 0 aromatic heterocycles. The van der Waals surface area contributed by atoms with Gasteiger partial charge in [-0.3, -0.25) is 19.7 Å². The number of nitro benzene ring substituents is 1. The molecule has 0 aliphatic rings. The van der Waals surface area contributed by atoms with Gasteiger partial charge in [-0.1, -0.05) is 12.1 Å². The lowest BCUT2D eigenvalue weighted by molar-refractivity contribution is -0.383. The SMILES string of the molecule is Cc1ccc(C(=O)Nc2ccc([N+](=O)[O-])c(NC(=O)c3ccc(C)c(C)c3)c2)cc1C. The first-order valence-corrected chi connectivity index (χ1v) is 9.71. The molecule has 0 saturated heterocycles. The maximum atomic E-state index is 12.7. The van der Waals surface area contributed by atoms with Gasteiger partial charge < -0.3 is 10.6 Å². The Labute approximate surface area is 180 Å². The van der Waals surface area contributed by atoms with Gasteiger partial charge in [0.05, 0.1) is 4.92 Å². The second-order valence-electron chi connectivity index (χ2n) is 7.50. The van der Waals surface area contributed by atoms with Crippen molar-refractivity contribution in [2.75, 3.05) is 10.6 Å². The molecular formula is C24H23N3O4. The molecular weight excluding hydrogens is 394 g/mol. The normalized spacial score (nSPS) is 10.5. The van der Waals surface area contributed by atoms with Gasteiger partial charge in [-0.25, -0.2) is 0 Å². The van der Waals surface area contributed by atoms with Crippen LogP contribution in [0.4, 0.5) is 17.1 Å². The molecule has 0 saturated carbocycles. The zero-order chi connectivity index (χ0) is 22.7. The van der Waals surface area contributed by atoms with Gasteiger partial charge in [0.2, 0.25) is 0 Å². The van der Waals surface area contributed by atoms with Crippen LogP contribution >= 0.6 is 0 Å². The summed E-state index contributed by atoms with van der Waals surface area (Å²) in [6.45, 7) is 7.69. The van der Waals surface area contributed by atoms with Crippen molar-refractivity contribution in [3.8, 4) is 0 Å². The van der Waals surface area contributed by atoms with Gasteiger partial charge in [-0.2, -0.15) is 0 Å². The third-order valence-corrected chi connectivity index (χ3v) is 5.24. The zero-order valence-electron chi connectivity index (χ0n) is 17.8. The Morgan fingerprint density at radius 1 is 0.710 bits per heavy atom. The standard InChI is InChI=1S/C24H23N3O4/c1-14-5-7-18(11-16(14)3)23(28)25-20-9-10-22(27(30)31)21(13-20)26-24(29)19-8-6-15(2)17(4)12-19/h5-13H,1-4H3,(H,25,28)(H,26,29). The summed E-state index contributed by atoms with van der Waals surface area (Å²) >= 11 is 0. The van der Waals surface area contributed by atoms with E-state index in [1.165, 1.54) is 18.2 Å². The molecule has 0 unspecified atom stereocenters. The van der Waals surface area contributed by atoms with Crippen molar-refractivity contribution < 1.29 is 14.5 Å². The minimum absolute atomic E-state index is 0.00566. The van der Waals surface area contributed by atoms with Gasteiger partial charge in [0, 0.05) is 22.9 Å². The van der Waals surface area contributed by atoms with E-state index in [-0.39, 0.29) is 17.3 Å². The Kier molecular flexibility index (Phi) is 6.15. The highest BCUT2D eigenvalue weighted by molar-refractivity contribution is 6.07. The molecule has 7 heteroatoms. The molecule has 7 nitrogen and oxygen atoms in total. The summed E-state index contributed by atoms with van der Waals surface area (Å²) in [6.07, 6.45) is 0. The Hall–Kier alpha value is -4.00. The van der Waals surface area contributed by atoms with E-state index < -0.39 is 10.8 Å². The van der Waals surface area contributed by atoms with Crippen molar-refractivity contribution in [1.82, 2.24) is 0 Å². The molecule has 0 bridgehead atoms. The van der Waals surface area contributed by atoms with E-state index in [9.17, 15) is 19.7 Å². The topological polar surface area (TPSA) is 101 Å². The number of nitrogens with zero attached hydrogens (tertiary/aromatic N) is 1. The molecule has 0 heterocycles. The molecule has 0 fully saturated rings. The average molecular weight is 417 g/mol. The highest BCUT2D eigenvalue weighted by Gasteiger charge is 2.19. The van der Waals surface area contributed by atoms with Crippen molar-refractivity contribution in [3.63, 3.8) is 0 Å². The van der Waals surface area contributed by atoms with E-state index in [2.05, 4.69) is 10.6 Å². The summed E-state index contributed by atoms with van der Waals surface area (Å²) < 4.78 is 0. The predicted octanol–water partition coefficient (Wildman–Crippen LogP) is 5.33. The number of rotatable bonds is 5. The van der Waals surface area contributed by atoms with Crippen molar-refractivity contribution in [2.45, 2.75) is 27.7 Å². The third kappa shape index (κ3) is 4.95. The van der Waals surface area contributed by atoms with Gasteiger partial charge in [0.15, 0.2) is 0 Å². The van der Waals surface area contributed by atoms with Crippen LogP contribution in [0.2, 0.25) is 0 Å². The molecule has 2 amide bonds. The number of hydrogen-bond acceptors (Lipinski definition) is 4. The second-order valence-corrected chi connectivity index (χ2v) is 7.50. The Bertz CT molecular complexity index is 1200. The van der Waals surface area contributed by atoms with Crippen LogP contribution in [0.3, 0.4) is 0 Å². The number of aryl methyl sites for hydroxylation is 4.